The van der Waals surface area contributed by atoms with E-state index in [4.69, 9.17) is 9.47 Å². The van der Waals surface area contributed by atoms with Crippen LogP contribution in [0.5, 0.6) is 0 Å². The number of hydrogen-bond donors (Lipinski definition) is 2. The van der Waals surface area contributed by atoms with E-state index in [0.717, 1.165) is 38.2 Å². The Morgan fingerprint density at radius 2 is 2.14 bits per heavy atom. The summed E-state index contributed by atoms with van der Waals surface area (Å²) >= 11 is 0. The molecule has 1 atom stereocenters. The van der Waals surface area contributed by atoms with Crippen LogP contribution >= 0.6 is 0 Å². The molecule has 1 aromatic carbocycles. The molecule has 1 aliphatic rings. The van der Waals surface area contributed by atoms with E-state index in [0.29, 0.717) is 44.2 Å². The summed E-state index contributed by atoms with van der Waals surface area (Å²) in [6, 6.07) is 2.62. The summed E-state index contributed by atoms with van der Waals surface area (Å²) in [5.74, 6) is -0.0521. The third kappa shape index (κ3) is 7.63. The van der Waals surface area contributed by atoms with Crippen LogP contribution in [0.25, 0.3) is 0 Å². The maximum atomic E-state index is 13.2. The van der Waals surface area contributed by atoms with Crippen molar-refractivity contribution in [3.63, 3.8) is 0 Å². The Morgan fingerprint density at radius 3 is 2.82 bits per heavy atom. The molecule has 1 aliphatic heterocycles. The van der Waals surface area contributed by atoms with Crippen molar-refractivity contribution < 1.29 is 27.0 Å². The van der Waals surface area contributed by atoms with Crippen LogP contribution in [0.3, 0.4) is 0 Å². The lowest BCUT2D eigenvalue weighted by Gasteiger charge is -2.14. The highest BCUT2D eigenvalue weighted by atomic mass is 19.4. The van der Waals surface area contributed by atoms with E-state index in [1.807, 2.05) is 6.92 Å². The third-order valence-corrected chi connectivity index (χ3v) is 4.26. The molecule has 158 valence electrons. The average molecular weight is 405 g/mol. The molecule has 0 saturated carbocycles. The molecule has 0 aliphatic carbocycles. The van der Waals surface area contributed by atoms with E-state index in [2.05, 4.69) is 15.6 Å². The van der Waals surface area contributed by atoms with Gasteiger partial charge in [-0.3, -0.25) is 0 Å². The molecule has 28 heavy (non-hydrogen) atoms. The SMILES string of the molecule is CCNC(=NCc1ccc(F)cc1C(F)(F)F)NCCCOCC1CCOC1. The molecule has 0 spiro atoms. The van der Waals surface area contributed by atoms with Crippen LogP contribution in [0.4, 0.5) is 17.6 Å². The Balaban J connectivity index is 1.81. The summed E-state index contributed by atoms with van der Waals surface area (Å²) < 4.78 is 63.3. The molecule has 5 nitrogen and oxygen atoms in total. The van der Waals surface area contributed by atoms with Crippen LogP contribution in [0, 0.1) is 11.7 Å². The summed E-state index contributed by atoms with van der Waals surface area (Å²) in [6.07, 6.45) is -2.86. The number of halogens is 4. The molecular weight excluding hydrogens is 378 g/mol. The highest BCUT2D eigenvalue weighted by Gasteiger charge is 2.33. The number of nitrogens with one attached hydrogen (secondary N) is 2. The van der Waals surface area contributed by atoms with E-state index in [1.165, 1.54) is 0 Å². The van der Waals surface area contributed by atoms with Gasteiger partial charge in [-0.25, -0.2) is 9.38 Å². The largest absolute Gasteiger partial charge is 0.416 e. The topological polar surface area (TPSA) is 54.9 Å². The average Bonchev–Trinajstić information content (AvgIpc) is 3.16. The maximum Gasteiger partial charge on any atom is 0.416 e. The van der Waals surface area contributed by atoms with Gasteiger partial charge in [0, 0.05) is 32.2 Å². The number of rotatable bonds is 9. The standard InChI is InChI=1S/C19H27F4N3O2/c1-2-24-18(25-7-3-8-27-12-14-6-9-28-13-14)26-11-15-4-5-16(20)10-17(15)19(21,22)23/h4-5,10,14H,2-3,6-9,11-13H2,1H3,(H2,24,25,26). The zero-order valence-corrected chi connectivity index (χ0v) is 15.9. The minimum absolute atomic E-state index is 0.0757. The first kappa shape index (κ1) is 22.4. The van der Waals surface area contributed by atoms with Crippen molar-refractivity contribution in [3.8, 4) is 0 Å². The molecule has 0 amide bonds. The summed E-state index contributed by atoms with van der Waals surface area (Å²) in [6.45, 7) is 5.60. The first-order valence-corrected chi connectivity index (χ1v) is 9.43. The first-order chi connectivity index (χ1) is 13.4. The number of benzene rings is 1. The van der Waals surface area contributed by atoms with Gasteiger partial charge >= 0.3 is 6.18 Å². The molecule has 1 unspecified atom stereocenters. The van der Waals surface area contributed by atoms with Gasteiger partial charge in [-0.2, -0.15) is 13.2 Å². The number of nitrogens with zero attached hydrogens (tertiary/aromatic N) is 1. The van der Waals surface area contributed by atoms with Gasteiger partial charge in [-0.05, 0) is 37.5 Å². The van der Waals surface area contributed by atoms with Crippen molar-refractivity contribution in [2.45, 2.75) is 32.5 Å². The summed E-state index contributed by atoms with van der Waals surface area (Å²) in [7, 11) is 0. The zero-order chi connectivity index (χ0) is 20.4. The van der Waals surface area contributed by atoms with Gasteiger partial charge in [0.2, 0.25) is 0 Å². The minimum atomic E-state index is -4.62. The monoisotopic (exact) mass is 405 g/mol. The summed E-state index contributed by atoms with van der Waals surface area (Å²) in [5, 5.41) is 6.05. The van der Waals surface area contributed by atoms with Crippen LogP contribution in [-0.2, 0) is 22.2 Å². The predicted octanol–water partition coefficient (Wildman–Crippen LogP) is 3.34. The molecule has 2 rings (SSSR count). The van der Waals surface area contributed by atoms with Crippen LogP contribution in [0.1, 0.15) is 30.9 Å². The van der Waals surface area contributed by atoms with Crippen LogP contribution < -0.4 is 10.6 Å². The quantitative estimate of drug-likeness (QED) is 0.286. The third-order valence-electron chi connectivity index (χ3n) is 4.26. The Kier molecular flexibility index (Phi) is 8.98. The normalized spacial score (nSPS) is 17.8. The van der Waals surface area contributed by atoms with Gasteiger partial charge < -0.3 is 20.1 Å². The van der Waals surface area contributed by atoms with Crippen LogP contribution in [0.2, 0.25) is 0 Å². The number of aliphatic imine (C=N–C) groups is 1. The second kappa shape index (κ2) is 11.2. The van der Waals surface area contributed by atoms with Crippen LogP contribution in [0.15, 0.2) is 23.2 Å². The summed E-state index contributed by atoms with van der Waals surface area (Å²) in [5.41, 5.74) is -1.08. The highest BCUT2D eigenvalue weighted by molar-refractivity contribution is 5.79. The smallest absolute Gasteiger partial charge is 0.381 e. The lowest BCUT2D eigenvalue weighted by molar-refractivity contribution is -0.138. The number of alkyl halides is 3. The molecule has 1 heterocycles. The maximum absolute atomic E-state index is 13.2. The van der Waals surface area contributed by atoms with Crippen molar-refractivity contribution in [2.75, 3.05) is 39.5 Å². The predicted molar refractivity (Wildman–Crippen MR) is 98.6 cm³/mol. The number of ether oxygens (including phenoxy) is 2. The van der Waals surface area contributed by atoms with E-state index < -0.39 is 17.6 Å². The first-order valence-electron chi connectivity index (χ1n) is 9.43. The molecule has 1 fully saturated rings. The molecule has 1 saturated heterocycles. The molecule has 0 bridgehead atoms. The van der Waals surface area contributed by atoms with E-state index >= 15 is 0 Å². The fourth-order valence-corrected chi connectivity index (χ4v) is 2.80. The van der Waals surface area contributed by atoms with Crippen molar-refractivity contribution in [1.29, 1.82) is 0 Å². The Hall–Kier alpha value is -1.87. The lowest BCUT2D eigenvalue weighted by Crippen LogP contribution is -2.38. The number of guanidine groups is 1. The van der Waals surface area contributed by atoms with E-state index in [9.17, 15) is 17.6 Å². The molecule has 0 aromatic heterocycles. The zero-order valence-electron chi connectivity index (χ0n) is 15.9. The van der Waals surface area contributed by atoms with Gasteiger partial charge in [0.15, 0.2) is 5.96 Å². The highest BCUT2D eigenvalue weighted by Crippen LogP contribution is 2.32. The molecule has 1 aromatic rings. The molecular formula is C19H27F4N3O2. The number of hydrogen-bond acceptors (Lipinski definition) is 3. The van der Waals surface area contributed by atoms with Crippen molar-refractivity contribution >= 4 is 5.96 Å². The van der Waals surface area contributed by atoms with E-state index in [-0.39, 0.29) is 12.1 Å². The Morgan fingerprint density at radius 1 is 1.32 bits per heavy atom. The molecule has 2 N–H and O–H groups in total. The van der Waals surface area contributed by atoms with E-state index in [1.54, 1.807) is 0 Å². The second-order valence-electron chi connectivity index (χ2n) is 6.58. The molecule has 0 radical (unpaired) electrons. The van der Waals surface area contributed by atoms with Gasteiger partial charge in [-0.15, -0.1) is 0 Å². The van der Waals surface area contributed by atoms with Gasteiger partial charge in [0.05, 0.1) is 25.3 Å². The van der Waals surface area contributed by atoms with Crippen molar-refractivity contribution in [3.05, 3.63) is 35.1 Å². The fourth-order valence-electron chi connectivity index (χ4n) is 2.80. The fraction of sp³-hybridized carbons (Fsp3) is 0.632. The van der Waals surface area contributed by atoms with Gasteiger partial charge in [0.1, 0.15) is 5.82 Å². The Labute approximate surface area is 162 Å². The minimum Gasteiger partial charge on any atom is -0.381 e. The van der Waals surface area contributed by atoms with Crippen molar-refractivity contribution in [2.24, 2.45) is 10.9 Å². The van der Waals surface area contributed by atoms with Crippen molar-refractivity contribution in [1.82, 2.24) is 10.6 Å². The van der Waals surface area contributed by atoms with Gasteiger partial charge in [0.25, 0.3) is 0 Å². The summed E-state index contributed by atoms with van der Waals surface area (Å²) in [4.78, 5) is 4.18. The van der Waals surface area contributed by atoms with Gasteiger partial charge in [-0.1, -0.05) is 6.07 Å². The van der Waals surface area contributed by atoms with Crippen LogP contribution in [-0.4, -0.2) is 45.5 Å². The Bertz CT molecular complexity index is 632. The lowest BCUT2D eigenvalue weighted by atomic mass is 10.1. The second-order valence-corrected chi connectivity index (χ2v) is 6.58. The molecule has 9 heteroatoms.